The molecule has 1 saturated carbocycles. The molecule has 0 radical (unpaired) electrons. The van der Waals surface area contributed by atoms with Crippen molar-refractivity contribution in [2.75, 3.05) is 12.0 Å². The van der Waals surface area contributed by atoms with E-state index in [-0.39, 0.29) is 28.6 Å². The highest BCUT2D eigenvalue weighted by Gasteiger charge is 2.37. The molecule has 1 heterocycles. The largest absolute Gasteiger partial charge is 0.465 e. The summed E-state index contributed by atoms with van der Waals surface area (Å²) in [4.78, 5) is 42.5. The number of carbonyl (C=O) groups is 3. The number of carbonyl (C=O) groups excluding carboxylic acids is 3. The van der Waals surface area contributed by atoms with Crippen molar-refractivity contribution < 1.29 is 41.4 Å². The number of hydrogen-bond donors (Lipinski definition) is 0. The highest BCUT2D eigenvalue weighted by Crippen LogP contribution is 2.40. The Kier molecular flexibility index (Phi) is 8.55. The van der Waals surface area contributed by atoms with Crippen molar-refractivity contribution in [2.45, 2.75) is 65.1 Å². The molecule has 7 nitrogen and oxygen atoms in total. The van der Waals surface area contributed by atoms with Gasteiger partial charge in [-0.25, -0.2) is 14.2 Å². The SMILES string of the molecule is COC(=O)c1cc(Oc2ncc(C(C)=O)cc2C(F)(F)F)c(F)cc1N(C(=O)C1CCCCC1)C(C)C. The van der Waals surface area contributed by atoms with E-state index < -0.39 is 47.0 Å². The van der Waals surface area contributed by atoms with Gasteiger partial charge in [-0.3, -0.25) is 9.59 Å². The average molecular weight is 525 g/mol. The van der Waals surface area contributed by atoms with Gasteiger partial charge in [0.1, 0.15) is 5.56 Å². The summed E-state index contributed by atoms with van der Waals surface area (Å²) in [7, 11) is 1.09. The zero-order chi connectivity index (χ0) is 27.5. The number of benzene rings is 1. The second kappa shape index (κ2) is 11.3. The zero-order valence-corrected chi connectivity index (χ0v) is 20.9. The number of halogens is 4. The van der Waals surface area contributed by atoms with Gasteiger partial charge in [0.15, 0.2) is 17.3 Å². The molecule has 1 amide bonds. The van der Waals surface area contributed by atoms with Crippen LogP contribution in [0.1, 0.15) is 79.2 Å². The molecular weight excluding hydrogens is 496 g/mol. The van der Waals surface area contributed by atoms with Crippen LogP contribution in [0.5, 0.6) is 11.6 Å². The third-order valence-corrected chi connectivity index (χ3v) is 6.19. The first kappa shape index (κ1) is 28.1. The van der Waals surface area contributed by atoms with E-state index in [9.17, 15) is 27.6 Å². The van der Waals surface area contributed by atoms with E-state index in [1.54, 1.807) is 13.8 Å². The van der Waals surface area contributed by atoms with Gasteiger partial charge >= 0.3 is 12.1 Å². The first-order valence-electron chi connectivity index (χ1n) is 11.9. The van der Waals surface area contributed by atoms with Crippen LogP contribution in [0.4, 0.5) is 23.2 Å². The summed E-state index contributed by atoms with van der Waals surface area (Å²) in [5.74, 6) is -4.99. The van der Waals surface area contributed by atoms with Crippen molar-refractivity contribution >= 4 is 23.3 Å². The Morgan fingerprint density at radius 1 is 1.08 bits per heavy atom. The first-order chi connectivity index (χ1) is 17.3. The molecule has 0 spiro atoms. The van der Waals surface area contributed by atoms with E-state index in [0.29, 0.717) is 18.9 Å². The van der Waals surface area contributed by atoms with Crippen molar-refractivity contribution in [1.29, 1.82) is 0 Å². The second-order valence-electron chi connectivity index (χ2n) is 9.16. The van der Waals surface area contributed by atoms with Gasteiger partial charge < -0.3 is 14.4 Å². The van der Waals surface area contributed by atoms with Crippen LogP contribution < -0.4 is 9.64 Å². The molecule has 3 rings (SSSR count). The van der Waals surface area contributed by atoms with Crippen LogP contribution in [0, 0.1) is 11.7 Å². The minimum Gasteiger partial charge on any atom is -0.465 e. The maximum atomic E-state index is 15.3. The summed E-state index contributed by atoms with van der Waals surface area (Å²) < 4.78 is 66.2. The van der Waals surface area contributed by atoms with Crippen LogP contribution >= 0.6 is 0 Å². The number of alkyl halides is 3. The van der Waals surface area contributed by atoms with Crippen LogP contribution in [0.25, 0.3) is 0 Å². The number of rotatable bonds is 7. The van der Waals surface area contributed by atoms with Crippen molar-refractivity contribution in [2.24, 2.45) is 5.92 Å². The predicted molar refractivity (Wildman–Crippen MR) is 126 cm³/mol. The Bertz CT molecular complexity index is 1190. The normalized spacial score (nSPS) is 14.4. The van der Waals surface area contributed by atoms with Crippen molar-refractivity contribution in [3.8, 4) is 11.6 Å². The number of Topliss-reactive ketones (excluding diaryl/α,β-unsaturated/α-hetero) is 1. The molecule has 1 aliphatic rings. The average Bonchev–Trinajstić information content (AvgIpc) is 2.84. The molecule has 1 aromatic carbocycles. The number of ketones is 1. The summed E-state index contributed by atoms with van der Waals surface area (Å²) >= 11 is 0. The summed E-state index contributed by atoms with van der Waals surface area (Å²) in [5, 5.41) is 0. The Balaban J connectivity index is 2.10. The lowest BCUT2D eigenvalue weighted by molar-refractivity contribution is -0.139. The minimum atomic E-state index is -4.96. The number of aromatic nitrogens is 1. The number of hydrogen-bond acceptors (Lipinski definition) is 6. The van der Waals surface area contributed by atoms with Gasteiger partial charge in [-0.2, -0.15) is 13.2 Å². The fourth-order valence-corrected chi connectivity index (χ4v) is 4.32. The monoisotopic (exact) mass is 524 g/mol. The Morgan fingerprint density at radius 2 is 1.73 bits per heavy atom. The molecule has 0 bridgehead atoms. The number of methoxy groups -OCH3 is 1. The van der Waals surface area contributed by atoms with Crippen LogP contribution in [0.15, 0.2) is 24.4 Å². The lowest BCUT2D eigenvalue weighted by atomic mass is 9.87. The topological polar surface area (TPSA) is 85.8 Å². The van der Waals surface area contributed by atoms with Crippen molar-refractivity contribution in [1.82, 2.24) is 4.98 Å². The third-order valence-electron chi connectivity index (χ3n) is 6.19. The summed E-state index contributed by atoms with van der Waals surface area (Å²) in [6.45, 7) is 4.49. The molecule has 0 atom stereocenters. The molecule has 200 valence electrons. The van der Waals surface area contributed by atoms with Crippen LogP contribution in [0.2, 0.25) is 0 Å². The predicted octanol–water partition coefficient (Wildman–Crippen LogP) is 6.34. The number of pyridine rings is 1. The molecular formula is C26H28F4N2O5. The van der Waals surface area contributed by atoms with Gasteiger partial charge in [-0.05, 0) is 39.7 Å². The summed E-state index contributed by atoms with van der Waals surface area (Å²) in [5.41, 5.74) is -2.02. The van der Waals surface area contributed by atoms with E-state index in [1.165, 1.54) is 4.90 Å². The van der Waals surface area contributed by atoms with Gasteiger partial charge in [0.25, 0.3) is 0 Å². The van der Waals surface area contributed by atoms with Crippen LogP contribution in [-0.2, 0) is 15.7 Å². The number of ether oxygens (including phenoxy) is 2. The lowest BCUT2D eigenvalue weighted by Crippen LogP contribution is -2.42. The Hall–Kier alpha value is -3.50. The summed E-state index contributed by atoms with van der Waals surface area (Å²) in [6, 6.07) is 1.86. The van der Waals surface area contributed by atoms with E-state index in [1.807, 2.05) is 0 Å². The van der Waals surface area contributed by atoms with Crippen molar-refractivity contribution in [3.05, 3.63) is 46.9 Å². The highest BCUT2D eigenvalue weighted by atomic mass is 19.4. The smallest absolute Gasteiger partial charge is 0.421 e. The van der Waals surface area contributed by atoms with E-state index in [2.05, 4.69) is 4.98 Å². The molecule has 2 aromatic rings. The maximum Gasteiger partial charge on any atom is 0.421 e. The summed E-state index contributed by atoms with van der Waals surface area (Å²) in [6.07, 6.45) is 0.0261. The van der Waals surface area contributed by atoms with Crippen molar-refractivity contribution in [3.63, 3.8) is 0 Å². The molecule has 0 unspecified atom stereocenters. The number of anilines is 1. The first-order valence-corrected chi connectivity index (χ1v) is 11.9. The molecule has 1 aromatic heterocycles. The molecule has 37 heavy (non-hydrogen) atoms. The molecule has 11 heteroatoms. The molecule has 0 N–H and O–H groups in total. The minimum absolute atomic E-state index is 0.0711. The number of nitrogens with zero attached hydrogens (tertiary/aromatic N) is 2. The standard InChI is InChI=1S/C26H28F4N2O5/c1-14(2)32(24(34)16-8-6-5-7-9-16)21-12-20(27)22(11-18(21)25(35)36-4)37-23-19(26(28,29)30)10-17(13-31-23)15(3)33/h10-14,16H,5-9H2,1-4H3. The fourth-order valence-electron chi connectivity index (χ4n) is 4.32. The molecule has 0 aliphatic heterocycles. The third kappa shape index (κ3) is 6.26. The quantitative estimate of drug-likeness (QED) is 0.239. The van der Waals surface area contributed by atoms with E-state index >= 15 is 4.39 Å². The van der Waals surface area contributed by atoms with Gasteiger partial charge in [0.05, 0.1) is 18.4 Å². The van der Waals surface area contributed by atoms with Gasteiger partial charge in [-0.1, -0.05) is 19.3 Å². The molecule has 1 aliphatic carbocycles. The maximum absolute atomic E-state index is 15.3. The van der Waals surface area contributed by atoms with Gasteiger partial charge in [0.2, 0.25) is 11.8 Å². The Labute approximate surface area is 211 Å². The van der Waals surface area contributed by atoms with Gasteiger partial charge in [0, 0.05) is 35.9 Å². The van der Waals surface area contributed by atoms with Gasteiger partial charge in [-0.15, -0.1) is 0 Å². The van der Waals surface area contributed by atoms with Crippen LogP contribution in [-0.4, -0.2) is 35.8 Å². The fraction of sp³-hybridized carbons (Fsp3) is 0.462. The van der Waals surface area contributed by atoms with Crippen LogP contribution in [0.3, 0.4) is 0 Å². The Morgan fingerprint density at radius 3 is 2.27 bits per heavy atom. The molecule has 0 saturated heterocycles. The molecule has 1 fully saturated rings. The zero-order valence-electron chi connectivity index (χ0n) is 20.9. The van der Waals surface area contributed by atoms with E-state index in [0.717, 1.165) is 51.6 Å². The lowest BCUT2D eigenvalue weighted by Gasteiger charge is -2.33. The number of esters is 1. The number of amides is 1. The second-order valence-corrected chi connectivity index (χ2v) is 9.16. The van der Waals surface area contributed by atoms with E-state index in [4.69, 9.17) is 9.47 Å². The highest BCUT2D eigenvalue weighted by molar-refractivity contribution is 6.04.